The molecular formula is C9H14O2. The van der Waals surface area contributed by atoms with Crippen molar-refractivity contribution in [1.82, 2.24) is 0 Å². The Balaban J connectivity index is 2.73. The number of hydrogen-bond acceptors (Lipinski definition) is 1. The van der Waals surface area contributed by atoms with Crippen LogP contribution in [-0.2, 0) is 4.79 Å². The van der Waals surface area contributed by atoms with Crippen molar-refractivity contribution in [3.8, 4) is 0 Å². The van der Waals surface area contributed by atoms with Crippen LogP contribution in [0.2, 0.25) is 0 Å². The zero-order valence-corrected chi connectivity index (χ0v) is 7.05. The molecule has 1 unspecified atom stereocenters. The highest BCUT2D eigenvalue weighted by Crippen LogP contribution is 2.31. The molecule has 0 saturated heterocycles. The Morgan fingerprint density at radius 3 is 2.64 bits per heavy atom. The summed E-state index contributed by atoms with van der Waals surface area (Å²) in [5.74, 6) is -0.0756. The van der Waals surface area contributed by atoms with Gasteiger partial charge in [-0.05, 0) is 32.1 Å². The molecule has 11 heavy (non-hydrogen) atoms. The molecule has 1 saturated carbocycles. The average Bonchev–Trinajstić information content (AvgIpc) is 2.34. The monoisotopic (exact) mass is 154 g/mol. The van der Waals surface area contributed by atoms with E-state index in [1.807, 2.05) is 0 Å². The zero-order valence-electron chi connectivity index (χ0n) is 7.05. The summed E-state index contributed by atoms with van der Waals surface area (Å²) in [5, 5.41) is 8.67. The van der Waals surface area contributed by atoms with Crippen LogP contribution < -0.4 is 0 Å². The third-order valence-electron chi connectivity index (χ3n) is 2.38. The number of carboxylic acid groups (broad SMARTS) is 1. The van der Waals surface area contributed by atoms with E-state index in [9.17, 15) is 4.79 Å². The van der Waals surface area contributed by atoms with Crippen LogP contribution in [0.1, 0.15) is 33.1 Å². The van der Waals surface area contributed by atoms with Crippen molar-refractivity contribution >= 4 is 5.97 Å². The highest BCUT2D eigenvalue weighted by molar-refractivity contribution is 5.86. The average molecular weight is 154 g/mol. The predicted molar refractivity (Wildman–Crippen MR) is 43.4 cm³/mol. The molecule has 0 heterocycles. The van der Waals surface area contributed by atoms with Gasteiger partial charge in [-0.25, -0.2) is 4.79 Å². The Morgan fingerprint density at radius 1 is 1.64 bits per heavy atom. The van der Waals surface area contributed by atoms with Gasteiger partial charge in [-0.1, -0.05) is 12.5 Å². The van der Waals surface area contributed by atoms with Crippen LogP contribution in [0.4, 0.5) is 0 Å². The largest absolute Gasteiger partial charge is 0.478 e. The molecule has 0 bridgehead atoms. The van der Waals surface area contributed by atoms with E-state index in [0.29, 0.717) is 11.5 Å². The van der Waals surface area contributed by atoms with Gasteiger partial charge in [0.05, 0.1) is 0 Å². The fraction of sp³-hybridized carbons (Fsp3) is 0.667. The molecule has 0 amide bonds. The molecule has 1 aliphatic carbocycles. The second-order valence-electron chi connectivity index (χ2n) is 3.38. The first-order valence-corrected chi connectivity index (χ1v) is 4.03. The quantitative estimate of drug-likeness (QED) is 0.588. The number of rotatable bonds is 1. The van der Waals surface area contributed by atoms with E-state index in [1.54, 1.807) is 6.92 Å². The summed E-state index contributed by atoms with van der Waals surface area (Å²) < 4.78 is 0. The molecule has 2 heteroatoms. The minimum atomic E-state index is -0.755. The van der Waals surface area contributed by atoms with Crippen molar-refractivity contribution in [1.29, 1.82) is 0 Å². The van der Waals surface area contributed by atoms with Crippen LogP contribution in [0.5, 0.6) is 0 Å². The smallest absolute Gasteiger partial charge is 0.331 e. The highest BCUT2D eigenvalue weighted by Gasteiger charge is 2.18. The number of carboxylic acids is 1. The normalized spacial score (nSPS) is 28.7. The summed E-state index contributed by atoms with van der Waals surface area (Å²) in [7, 11) is 0. The Morgan fingerprint density at radius 2 is 2.27 bits per heavy atom. The van der Waals surface area contributed by atoms with Gasteiger partial charge in [-0.2, -0.15) is 0 Å². The molecule has 0 aromatic carbocycles. The number of hydrogen-bond donors (Lipinski definition) is 1. The highest BCUT2D eigenvalue weighted by atomic mass is 16.4. The van der Waals surface area contributed by atoms with Crippen molar-refractivity contribution in [2.75, 3.05) is 0 Å². The van der Waals surface area contributed by atoms with E-state index in [4.69, 9.17) is 5.11 Å². The Labute approximate surface area is 66.9 Å². The third kappa shape index (κ3) is 1.82. The van der Waals surface area contributed by atoms with E-state index in [2.05, 4.69) is 6.92 Å². The van der Waals surface area contributed by atoms with Gasteiger partial charge in [-0.3, -0.25) is 0 Å². The maximum absolute atomic E-state index is 10.5. The summed E-state index contributed by atoms with van der Waals surface area (Å²) in [4.78, 5) is 10.5. The van der Waals surface area contributed by atoms with Gasteiger partial charge < -0.3 is 5.11 Å². The third-order valence-corrected chi connectivity index (χ3v) is 2.38. The van der Waals surface area contributed by atoms with E-state index in [1.165, 1.54) is 0 Å². The Kier molecular flexibility index (Phi) is 2.32. The second-order valence-corrected chi connectivity index (χ2v) is 3.38. The van der Waals surface area contributed by atoms with Crippen LogP contribution in [0.15, 0.2) is 11.1 Å². The van der Waals surface area contributed by atoms with Crippen LogP contribution in [0, 0.1) is 5.92 Å². The molecule has 0 aromatic rings. The topological polar surface area (TPSA) is 37.3 Å². The lowest BCUT2D eigenvalue weighted by Gasteiger charge is -1.99. The minimum Gasteiger partial charge on any atom is -0.478 e. The summed E-state index contributed by atoms with van der Waals surface area (Å²) in [6.07, 6.45) is 3.12. The lowest BCUT2D eigenvalue weighted by Crippen LogP contribution is -1.99. The van der Waals surface area contributed by atoms with Gasteiger partial charge in [0, 0.05) is 5.57 Å². The van der Waals surface area contributed by atoms with Crippen LogP contribution in [-0.4, -0.2) is 11.1 Å². The van der Waals surface area contributed by atoms with Gasteiger partial charge in [-0.15, -0.1) is 0 Å². The lowest BCUT2D eigenvalue weighted by atomic mass is 10.1. The maximum atomic E-state index is 10.5. The van der Waals surface area contributed by atoms with E-state index in [0.717, 1.165) is 24.8 Å². The van der Waals surface area contributed by atoms with Gasteiger partial charge >= 0.3 is 5.97 Å². The molecule has 1 N–H and O–H groups in total. The Bertz CT molecular complexity index is 204. The molecule has 0 aromatic heterocycles. The van der Waals surface area contributed by atoms with Gasteiger partial charge in [0.1, 0.15) is 0 Å². The van der Waals surface area contributed by atoms with Crippen molar-refractivity contribution in [2.24, 2.45) is 5.92 Å². The minimum absolute atomic E-state index is 0.564. The fourth-order valence-corrected chi connectivity index (χ4v) is 1.54. The molecule has 1 fully saturated rings. The number of carbonyl (C=O) groups is 1. The predicted octanol–water partition coefficient (Wildman–Crippen LogP) is 2.21. The van der Waals surface area contributed by atoms with Crippen molar-refractivity contribution < 1.29 is 9.90 Å². The zero-order chi connectivity index (χ0) is 8.43. The number of aliphatic carboxylic acids is 1. The fourth-order valence-electron chi connectivity index (χ4n) is 1.54. The molecular weight excluding hydrogens is 140 g/mol. The summed E-state index contributed by atoms with van der Waals surface area (Å²) in [6.45, 7) is 3.87. The summed E-state index contributed by atoms with van der Waals surface area (Å²) >= 11 is 0. The standard InChI is InChI=1S/C9H14O2/c1-6-3-4-8(5-6)7(2)9(10)11/h6H,3-5H2,1-2H3,(H,10,11)/b8-7+. The molecule has 0 aliphatic heterocycles. The van der Waals surface area contributed by atoms with Gasteiger partial charge in [0.2, 0.25) is 0 Å². The first-order valence-electron chi connectivity index (χ1n) is 4.03. The molecule has 2 nitrogen and oxygen atoms in total. The Hall–Kier alpha value is -0.790. The van der Waals surface area contributed by atoms with Crippen LogP contribution in [0.25, 0.3) is 0 Å². The lowest BCUT2D eigenvalue weighted by molar-refractivity contribution is -0.132. The van der Waals surface area contributed by atoms with Crippen LogP contribution in [0.3, 0.4) is 0 Å². The van der Waals surface area contributed by atoms with Crippen molar-refractivity contribution in [2.45, 2.75) is 33.1 Å². The first kappa shape index (κ1) is 8.31. The summed E-state index contributed by atoms with van der Waals surface area (Å²) in [6, 6.07) is 0. The van der Waals surface area contributed by atoms with E-state index < -0.39 is 5.97 Å². The first-order chi connectivity index (χ1) is 5.11. The van der Waals surface area contributed by atoms with Crippen molar-refractivity contribution in [3.05, 3.63) is 11.1 Å². The maximum Gasteiger partial charge on any atom is 0.331 e. The molecule has 1 aliphatic rings. The number of allylic oxidation sites excluding steroid dienone is 1. The van der Waals surface area contributed by atoms with Gasteiger partial charge in [0.15, 0.2) is 0 Å². The van der Waals surface area contributed by atoms with E-state index in [-0.39, 0.29) is 0 Å². The molecule has 1 atom stereocenters. The van der Waals surface area contributed by atoms with E-state index >= 15 is 0 Å². The second kappa shape index (κ2) is 3.07. The molecule has 0 radical (unpaired) electrons. The SMILES string of the molecule is C/C(C(=O)O)=C1/CCC(C)C1. The molecule has 0 spiro atoms. The molecule has 1 rings (SSSR count). The van der Waals surface area contributed by atoms with Crippen LogP contribution >= 0.6 is 0 Å². The molecule has 62 valence electrons. The summed E-state index contributed by atoms with van der Waals surface area (Å²) in [5.41, 5.74) is 1.71. The van der Waals surface area contributed by atoms with Crippen molar-refractivity contribution in [3.63, 3.8) is 0 Å². The van der Waals surface area contributed by atoms with Gasteiger partial charge in [0.25, 0.3) is 0 Å².